The number of fused-ring (bicyclic) bond motifs is 1. The van der Waals surface area contributed by atoms with Gasteiger partial charge in [-0.25, -0.2) is 9.97 Å². The van der Waals surface area contributed by atoms with Crippen LogP contribution in [0.1, 0.15) is 0 Å². The number of anilines is 1. The molecule has 0 fully saturated rings. The van der Waals surface area contributed by atoms with Crippen LogP contribution in [0.4, 0.5) is 5.95 Å². The average Bonchev–Trinajstić information content (AvgIpc) is 2.04. The van der Waals surface area contributed by atoms with Crippen molar-refractivity contribution in [2.75, 3.05) is 5.73 Å². The van der Waals surface area contributed by atoms with Gasteiger partial charge in [0.15, 0.2) is 0 Å². The fourth-order valence-corrected chi connectivity index (χ4v) is 1.36. The Balaban J connectivity index is 2.86. The lowest BCUT2D eigenvalue weighted by Gasteiger charge is -1.97. The van der Waals surface area contributed by atoms with E-state index in [4.69, 9.17) is 5.73 Å². The van der Waals surface area contributed by atoms with Gasteiger partial charge in [-0.05, 0) is 15.9 Å². The number of nitrogens with two attached hydrogens (primary N) is 1. The third-order valence-corrected chi connectivity index (χ3v) is 2.11. The summed E-state index contributed by atoms with van der Waals surface area (Å²) in [6, 6.07) is 0. The van der Waals surface area contributed by atoms with Crippen LogP contribution in [-0.4, -0.2) is 15.0 Å². The Bertz CT molecular complexity index is 429. The summed E-state index contributed by atoms with van der Waals surface area (Å²) in [7, 11) is 0. The Morgan fingerprint density at radius 1 is 1.25 bits per heavy atom. The van der Waals surface area contributed by atoms with Gasteiger partial charge in [0, 0.05) is 22.3 Å². The first-order chi connectivity index (χ1) is 5.77. The molecule has 0 saturated carbocycles. The molecule has 0 aliphatic heterocycles. The molecular formula is C7H5BrN4. The molecule has 0 aliphatic carbocycles. The molecule has 4 nitrogen and oxygen atoms in total. The topological polar surface area (TPSA) is 64.7 Å². The van der Waals surface area contributed by atoms with E-state index in [0.717, 1.165) is 15.4 Å². The number of halogens is 1. The first-order valence-corrected chi connectivity index (χ1v) is 4.08. The summed E-state index contributed by atoms with van der Waals surface area (Å²) >= 11 is 3.34. The Morgan fingerprint density at radius 2 is 2.08 bits per heavy atom. The number of pyridine rings is 1. The van der Waals surface area contributed by atoms with E-state index in [2.05, 4.69) is 30.9 Å². The van der Waals surface area contributed by atoms with Crippen molar-refractivity contribution in [1.29, 1.82) is 0 Å². The normalized spacial score (nSPS) is 10.4. The van der Waals surface area contributed by atoms with Crippen molar-refractivity contribution in [2.24, 2.45) is 0 Å². The van der Waals surface area contributed by atoms with E-state index < -0.39 is 0 Å². The van der Waals surface area contributed by atoms with Gasteiger partial charge >= 0.3 is 0 Å². The van der Waals surface area contributed by atoms with Crippen LogP contribution in [0.3, 0.4) is 0 Å². The van der Waals surface area contributed by atoms with Gasteiger partial charge in [0.05, 0.1) is 11.7 Å². The van der Waals surface area contributed by atoms with Gasteiger partial charge in [-0.2, -0.15) is 0 Å². The molecule has 2 aromatic heterocycles. The van der Waals surface area contributed by atoms with Crippen LogP contribution in [-0.2, 0) is 0 Å². The number of rotatable bonds is 0. The average molecular weight is 225 g/mol. The largest absolute Gasteiger partial charge is 0.368 e. The molecule has 0 saturated heterocycles. The summed E-state index contributed by atoms with van der Waals surface area (Å²) in [6.45, 7) is 0. The van der Waals surface area contributed by atoms with E-state index in [1.165, 1.54) is 0 Å². The minimum Gasteiger partial charge on any atom is -0.368 e. The second kappa shape index (κ2) is 2.67. The minimum atomic E-state index is 0.266. The van der Waals surface area contributed by atoms with Crippen molar-refractivity contribution in [3.8, 4) is 0 Å². The van der Waals surface area contributed by atoms with Crippen LogP contribution in [0.25, 0.3) is 10.9 Å². The quantitative estimate of drug-likeness (QED) is 0.735. The van der Waals surface area contributed by atoms with Crippen molar-refractivity contribution in [3.05, 3.63) is 23.1 Å². The third-order valence-electron chi connectivity index (χ3n) is 1.48. The molecule has 2 heterocycles. The Hall–Kier alpha value is -1.23. The third kappa shape index (κ3) is 1.12. The molecule has 0 aromatic carbocycles. The minimum absolute atomic E-state index is 0.266. The number of hydrogen-bond donors (Lipinski definition) is 1. The van der Waals surface area contributed by atoms with Crippen molar-refractivity contribution < 1.29 is 0 Å². The van der Waals surface area contributed by atoms with Crippen LogP contribution in [0, 0.1) is 0 Å². The zero-order valence-electron chi connectivity index (χ0n) is 6.03. The highest BCUT2D eigenvalue weighted by Gasteiger charge is 1.99. The molecule has 60 valence electrons. The molecule has 2 N–H and O–H groups in total. The molecule has 0 aliphatic rings. The Kier molecular flexibility index (Phi) is 1.65. The SMILES string of the molecule is Nc1ncc2c(Br)cncc2n1. The Morgan fingerprint density at radius 3 is 2.92 bits per heavy atom. The molecule has 5 heteroatoms. The summed E-state index contributed by atoms with van der Waals surface area (Å²) < 4.78 is 0.875. The second-order valence-corrected chi connectivity index (χ2v) is 3.14. The number of nitrogens with zero attached hydrogens (tertiary/aromatic N) is 3. The predicted octanol–water partition coefficient (Wildman–Crippen LogP) is 1.37. The van der Waals surface area contributed by atoms with E-state index in [9.17, 15) is 0 Å². The van der Waals surface area contributed by atoms with Crippen LogP contribution < -0.4 is 5.73 Å². The van der Waals surface area contributed by atoms with Crippen molar-refractivity contribution in [1.82, 2.24) is 15.0 Å². The van der Waals surface area contributed by atoms with Gasteiger partial charge in [-0.3, -0.25) is 4.98 Å². The van der Waals surface area contributed by atoms with Crippen LogP contribution in [0.2, 0.25) is 0 Å². The maximum absolute atomic E-state index is 5.41. The molecule has 0 radical (unpaired) electrons. The highest BCUT2D eigenvalue weighted by molar-refractivity contribution is 9.10. The molecular weight excluding hydrogens is 220 g/mol. The number of aromatic nitrogens is 3. The lowest BCUT2D eigenvalue weighted by molar-refractivity contribution is 1.21. The molecule has 0 bridgehead atoms. The molecule has 0 amide bonds. The fraction of sp³-hybridized carbons (Fsp3) is 0. The summed E-state index contributed by atoms with van der Waals surface area (Å²) in [6.07, 6.45) is 5.02. The molecule has 2 aromatic rings. The van der Waals surface area contributed by atoms with E-state index in [0.29, 0.717) is 0 Å². The van der Waals surface area contributed by atoms with Gasteiger partial charge in [0.25, 0.3) is 0 Å². The van der Waals surface area contributed by atoms with Gasteiger partial charge in [0.1, 0.15) is 0 Å². The summed E-state index contributed by atoms with van der Waals surface area (Å²) in [4.78, 5) is 11.8. The zero-order valence-corrected chi connectivity index (χ0v) is 7.62. The molecule has 2 rings (SSSR count). The van der Waals surface area contributed by atoms with Crippen LogP contribution in [0.5, 0.6) is 0 Å². The smallest absolute Gasteiger partial charge is 0.220 e. The molecule has 0 spiro atoms. The predicted molar refractivity (Wildman–Crippen MR) is 49.4 cm³/mol. The summed E-state index contributed by atoms with van der Waals surface area (Å²) in [5, 5.41) is 0.916. The monoisotopic (exact) mass is 224 g/mol. The highest BCUT2D eigenvalue weighted by Crippen LogP contribution is 2.19. The van der Waals surface area contributed by atoms with E-state index in [1.807, 2.05) is 0 Å². The standard InChI is InChI=1S/C7H5BrN4/c8-5-2-10-3-6-4(5)1-11-7(9)12-6/h1-3H,(H2,9,11,12). The number of nitrogen functional groups attached to an aromatic ring is 1. The van der Waals surface area contributed by atoms with Gasteiger partial charge < -0.3 is 5.73 Å². The van der Waals surface area contributed by atoms with Crippen LogP contribution >= 0.6 is 15.9 Å². The van der Waals surface area contributed by atoms with Gasteiger partial charge in [0.2, 0.25) is 5.95 Å². The van der Waals surface area contributed by atoms with Crippen molar-refractivity contribution in [3.63, 3.8) is 0 Å². The van der Waals surface area contributed by atoms with Gasteiger partial charge in [-0.1, -0.05) is 0 Å². The van der Waals surface area contributed by atoms with Crippen molar-refractivity contribution >= 4 is 32.8 Å². The first-order valence-electron chi connectivity index (χ1n) is 3.29. The molecule has 0 unspecified atom stereocenters. The highest BCUT2D eigenvalue weighted by atomic mass is 79.9. The first kappa shape index (κ1) is 7.42. The summed E-state index contributed by atoms with van der Waals surface area (Å²) in [5.41, 5.74) is 6.16. The van der Waals surface area contributed by atoms with Gasteiger partial charge in [-0.15, -0.1) is 0 Å². The Labute approximate surface area is 77.0 Å². The lowest BCUT2D eigenvalue weighted by Crippen LogP contribution is -1.94. The van der Waals surface area contributed by atoms with Crippen LogP contribution in [0.15, 0.2) is 23.1 Å². The zero-order chi connectivity index (χ0) is 8.55. The molecule has 0 atom stereocenters. The maximum atomic E-state index is 5.41. The van der Waals surface area contributed by atoms with E-state index >= 15 is 0 Å². The molecule has 12 heavy (non-hydrogen) atoms. The maximum Gasteiger partial charge on any atom is 0.220 e. The second-order valence-electron chi connectivity index (χ2n) is 2.28. The fourth-order valence-electron chi connectivity index (χ4n) is 0.935. The van der Waals surface area contributed by atoms with E-state index in [1.54, 1.807) is 18.6 Å². The summed E-state index contributed by atoms with van der Waals surface area (Å²) in [5.74, 6) is 0.266. The van der Waals surface area contributed by atoms with Crippen molar-refractivity contribution in [2.45, 2.75) is 0 Å². The number of hydrogen-bond acceptors (Lipinski definition) is 4. The van der Waals surface area contributed by atoms with E-state index in [-0.39, 0.29) is 5.95 Å². The lowest BCUT2D eigenvalue weighted by atomic mass is 10.3.